The van der Waals surface area contributed by atoms with Crippen LogP contribution in [0.2, 0.25) is 0 Å². The van der Waals surface area contributed by atoms with E-state index in [-0.39, 0.29) is 17.9 Å². The number of thiophene rings is 1. The Morgan fingerprint density at radius 2 is 2.12 bits per heavy atom. The number of hydrogen-bond donors (Lipinski definition) is 3. The highest BCUT2D eigenvalue weighted by Crippen LogP contribution is 2.29. The second-order valence-electron chi connectivity index (χ2n) is 5.09. The molecule has 2 heterocycles. The molecule has 3 N–H and O–H groups in total. The van der Waals surface area contributed by atoms with Crippen LogP contribution in [0, 0.1) is 5.82 Å². The molecule has 1 aromatic carbocycles. The molecule has 0 saturated carbocycles. The van der Waals surface area contributed by atoms with Crippen molar-refractivity contribution in [2.45, 2.75) is 13.3 Å². The largest absolute Gasteiger partial charge is 0.356 e. The number of nitrogens with one attached hydrogen (secondary N) is 3. The number of likely N-dealkylation sites (N-methyl/N-ethyl adjacent to an activating group) is 1. The van der Waals surface area contributed by atoms with Crippen molar-refractivity contribution >= 4 is 39.2 Å². The third-order valence-electron chi connectivity index (χ3n) is 3.37. The first-order valence-corrected chi connectivity index (χ1v) is 8.19. The van der Waals surface area contributed by atoms with Crippen LogP contribution in [0.25, 0.3) is 10.2 Å². The first-order valence-electron chi connectivity index (χ1n) is 7.38. The van der Waals surface area contributed by atoms with E-state index in [0.29, 0.717) is 22.6 Å². The maximum atomic E-state index is 13.7. The fourth-order valence-electron chi connectivity index (χ4n) is 2.29. The molecule has 2 aromatic heterocycles. The van der Waals surface area contributed by atoms with Gasteiger partial charge in [0.1, 0.15) is 16.5 Å². The quantitative estimate of drug-likeness (QED) is 0.664. The Hall–Kier alpha value is -2.74. The Kier molecular flexibility index (Phi) is 4.57. The van der Waals surface area contributed by atoms with Gasteiger partial charge in [-0.05, 0) is 25.1 Å². The van der Waals surface area contributed by atoms with E-state index in [9.17, 15) is 14.0 Å². The lowest BCUT2D eigenvalue weighted by Gasteiger charge is -2.03. The summed E-state index contributed by atoms with van der Waals surface area (Å²) in [5, 5.41) is 12.9. The molecule has 124 valence electrons. The van der Waals surface area contributed by atoms with Crippen molar-refractivity contribution in [2.75, 3.05) is 11.9 Å². The zero-order valence-electron chi connectivity index (χ0n) is 12.9. The van der Waals surface area contributed by atoms with Crippen molar-refractivity contribution in [3.63, 3.8) is 0 Å². The molecule has 0 aliphatic heterocycles. The van der Waals surface area contributed by atoms with Gasteiger partial charge in [-0.3, -0.25) is 14.7 Å². The van der Waals surface area contributed by atoms with Crippen molar-refractivity contribution in [3.05, 3.63) is 46.6 Å². The van der Waals surface area contributed by atoms with Crippen LogP contribution in [-0.4, -0.2) is 28.6 Å². The maximum absolute atomic E-state index is 13.7. The zero-order chi connectivity index (χ0) is 17.1. The van der Waals surface area contributed by atoms with Crippen LogP contribution in [0.1, 0.15) is 22.2 Å². The molecule has 24 heavy (non-hydrogen) atoms. The second kappa shape index (κ2) is 6.79. The van der Waals surface area contributed by atoms with Gasteiger partial charge in [0.2, 0.25) is 5.91 Å². The Morgan fingerprint density at radius 3 is 2.88 bits per heavy atom. The van der Waals surface area contributed by atoms with Crippen LogP contribution in [0.15, 0.2) is 30.3 Å². The van der Waals surface area contributed by atoms with Gasteiger partial charge in [-0.1, -0.05) is 12.1 Å². The van der Waals surface area contributed by atoms with Crippen LogP contribution in [0.4, 0.5) is 10.2 Å². The van der Waals surface area contributed by atoms with E-state index in [0.717, 1.165) is 4.88 Å². The molecule has 6 nitrogen and oxygen atoms in total. The summed E-state index contributed by atoms with van der Waals surface area (Å²) in [6.45, 7) is 2.43. The van der Waals surface area contributed by atoms with E-state index in [4.69, 9.17) is 0 Å². The molecule has 2 amide bonds. The summed E-state index contributed by atoms with van der Waals surface area (Å²) >= 11 is 1.37. The van der Waals surface area contributed by atoms with Gasteiger partial charge in [-0.2, -0.15) is 5.10 Å². The number of H-pyrrole nitrogens is 1. The van der Waals surface area contributed by atoms with Crippen molar-refractivity contribution in [1.82, 2.24) is 15.5 Å². The summed E-state index contributed by atoms with van der Waals surface area (Å²) < 4.78 is 13.7. The third-order valence-corrected chi connectivity index (χ3v) is 4.40. The number of fused-ring (bicyclic) bond motifs is 1. The van der Waals surface area contributed by atoms with E-state index in [1.165, 1.54) is 29.5 Å². The van der Waals surface area contributed by atoms with Crippen LogP contribution < -0.4 is 10.6 Å². The highest BCUT2D eigenvalue weighted by molar-refractivity contribution is 7.18. The van der Waals surface area contributed by atoms with E-state index in [1.807, 2.05) is 6.92 Å². The number of carbonyl (C=O) groups excluding carboxylic acids is 2. The van der Waals surface area contributed by atoms with Crippen LogP contribution in [-0.2, 0) is 11.2 Å². The number of rotatable bonds is 5. The normalized spacial score (nSPS) is 10.8. The number of aromatic amines is 1. The Labute approximate surface area is 141 Å². The zero-order valence-corrected chi connectivity index (χ0v) is 13.7. The van der Waals surface area contributed by atoms with E-state index >= 15 is 0 Å². The SMILES string of the molecule is CCNC(=O)Cc1cc2c(NC(=O)c3ccccc3F)[nH]nc2s1. The molecular formula is C16H15FN4O2S. The predicted octanol–water partition coefficient (Wildman–Crippen LogP) is 2.69. The summed E-state index contributed by atoms with van der Waals surface area (Å²) in [5.74, 6) is -0.831. The van der Waals surface area contributed by atoms with Gasteiger partial charge in [-0.25, -0.2) is 4.39 Å². The van der Waals surface area contributed by atoms with Gasteiger partial charge >= 0.3 is 0 Å². The molecule has 3 rings (SSSR count). The van der Waals surface area contributed by atoms with Gasteiger partial charge in [0.25, 0.3) is 5.91 Å². The second-order valence-corrected chi connectivity index (χ2v) is 6.21. The summed E-state index contributed by atoms with van der Waals surface area (Å²) in [5.41, 5.74) is -0.0435. The molecule has 0 fully saturated rings. The topological polar surface area (TPSA) is 86.9 Å². The molecule has 0 aliphatic rings. The van der Waals surface area contributed by atoms with Crippen molar-refractivity contribution < 1.29 is 14.0 Å². The van der Waals surface area contributed by atoms with Crippen LogP contribution in [0.3, 0.4) is 0 Å². The summed E-state index contributed by atoms with van der Waals surface area (Å²) in [6.07, 6.45) is 0.259. The lowest BCUT2D eigenvalue weighted by Crippen LogP contribution is -2.23. The highest BCUT2D eigenvalue weighted by atomic mass is 32.1. The van der Waals surface area contributed by atoms with E-state index < -0.39 is 11.7 Å². The molecule has 0 saturated heterocycles. The number of nitrogens with zero attached hydrogens (tertiary/aromatic N) is 1. The average molecular weight is 346 g/mol. The van der Waals surface area contributed by atoms with Crippen LogP contribution in [0.5, 0.6) is 0 Å². The molecule has 8 heteroatoms. The number of hydrogen-bond acceptors (Lipinski definition) is 4. The summed E-state index contributed by atoms with van der Waals surface area (Å²) in [7, 11) is 0. The number of benzene rings is 1. The average Bonchev–Trinajstić information content (AvgIpc) is 3.09. The molecule has 0 radical (unpaired) electrons. The Balaban J connectivity index is 1.80. The first-order chi connectivity index (χ1) is 11.6. The van der Waals surface area contributed by atoms with Gasteiger partial charge in [-0.15, -0.1) is 11.3 Å². The maximum Gasteiger partial charge on any atom is 0.259 e. The standard InChI is InChI=1S/C16H15FN4O2S/c1-2-18-13(22)8-9-7-11-14(20-21-16(11)24-9)19-15(23)10-5-3-4-6-12(10)17/h3-7H,2,8H2,1H3,(H,18,22)(H2,19,20,21,23). The number of anilines is 1. The molecule has 0 unspecified atom stereocenters. The Bertz CT molecular complexity index is 903. The third kappa shape index (κ3) is 3.28. The summed E-state index contributed by atoms with van der Waals surface area (Å²) in [4.78, 5) is 25.4. The van der Waals surface area contributed by atoms with Crippen molar-refractivity contribution in [1.29, 1.82) is 0 Å². The van der Waals surface area contributed by atoms with Gasteiger partial charge < -0.3 is 10.6 Å². The molecule has 0 aliphatic carbocycles. The number of amides is 2. The number of aromatic nitrogens is 2. The fourth-order valence-corrected chi connectivity index (χ4v) is 3.28. The van der Waals surface area contributed by atoms with Crippen molar-refractivity contribution in [3.8, 4) is 0 Å². The van der Waals surface area contributed by atoms with Gasteiger partial charge in [0, 0.05) is 11.4 Å². The first kappa shape index (κ1) is 16.1. The molecule has 0 spiro atoms. The van der Waals surface area contributed by atoms with E-state index in [1.54, 1.807) is 12.1 Å². The monoisotopic (exact) mass is 346 g/mol. The molecular weight excluding hydrogens is 331 g/mol. The van der Waals surface area contributed by atoms with Crippen LogP contribution >= 0.6 is 11.3 Å². The molecule has 0 atom stereocenters. The molecule has 0 bridgehead atoms. The van der Waals surface area contributed by atoms with Gasteiger partial charge in [0.05, 0.1) is 17.4 Å². The minimum Gasteiger partial charge on any atom is -0.356 e. The minimum absolute atomic E-state index is 0.0435. The van der Waals surface area contributed by atoms with Crippen molar-refractivity contribution in [2.24, 2.45) is 0 Å². The number of halogens is 1. The van der Waals surface area contributed by atoms with E-state index in [2.05, 4.69) is 20.8 Å². The summed E-state index contributed by atoms with van der Waals surface area (Å²) in [6, 6.07) is 7.55. The fraction of sp³-hybridized carbons (Fsp3) is 0.188. The highest BCUT2D eigenvalue weighted by Gasteiger charge is 2.16. The Morgan fingerprint density at radius 1 is 1.33 bits per heavy atom. The predicted molar refractivity (Wildman–Crippen MR) is 90.7 cm³/mol. The smallest absolute Gasteiger partial charge is 0.259 e. The molecule has 3 aromatic rings. The lowest BCUT2D eigenvalue weighted by molar-refractivity contribution is -0.120. The van der Waals surface area contributed by atoms with Gasteiger partial charge in [0.15, 0.2) is 0 Å². The lowest BCUT2D eigenvalue weighted by atomic mass is 10.2. The minimum atomic E-state index is -0.590. The number of carbonyl (C=O) groups is 2.